The molecule has 2 aliphatic carbocycles. The number of amides is 2. The van der Waals surface area contributed by atoms with Crippen molar-refractivity contribution in [2.45, 2.75) is 89.4 Å². The molecule has 7 nitrogen and oxygen atoms in total. The van der Waals surface area contributed by atoms with E-state index >= 15 is 0 Å². The van der Waals surface area contributed by atoms with E-state index < -0.39 is 6.04 Å². The smallest absolute Gasteiger partial charge is 0.290 e. The highest BCUT2D eigenvalue weighted by molar-refractivity contribution is 5.95. The topological polar surface area (TPSA) is 75.0 Å². The van der Waals surface area contributed by atoms with Gasteiger partial charge in [-0.05, 0) is 44.7 Å². The molecular formula is C24H37N3O4. The minimum atomic E-state index is -0.495. The Morgan fingerprint density at radius 3 is 2.45 bits per heavy atom. The molecule has 1 aromatic heterocycles. The first-order valence-electron chi connectivity index (χ1n) is 12.1. The molecule has 0 unspecified atom stereocenters. The maximum absolute atomic E-state index is 13.5. The number of carbonyl (C=O) groups is 2. The molecule has 1 aliphatic heterocycles. The summed E-state index contributed by atoms with van der Waals surface area (Å²) in [5.74, 6) is 0.932. The molecule has 3 fully saturated rings. The van der Waals surface area contributed by atoms with Crippen LogP contribution in [0.2, 0.25) is 0 Å². The Morgan fingerprint density at radius 1 is 1.06 bits per heavy atom. The molecule has 1 N–H and O–H groups in total. The van der Waals surface area contributed by atoms with Crippen molar-refractivity contribution in [2.75, 3.05) is 26.3 Å². The molecule has 4 rings (SSSR count). The van der Waals surface area contributed by atoms with E-state index in [9.17, 15) is 9.59 Å². The van der Waals surface area contributed by atoms with Gasteiger partial charge in [0.2, 0.25) is 5.91 Å². The number of carbonyl (C=O) groups excluding carboxylic acids is 2. The van der Waals surface area contributed by atoms with Crippen LogP contribution in [-0.4, -0.2) is 66.0 Å². The van der Waals surface area contributed by atoms with Crippen LogP contribution in [0.3, 0.4) is 0 Å². The van der Waals surface area contributed by atoms with Gasteiger partial charge in [-0.1, -0.05) is 32.1 Å². The number of nitrogens with zero attached hydrogens (tertiary/aromatic N) is 2. The molecule has 172 valence electrons. The highest BCUT2D eigenvalue weighted by atomic mass is 16.5. The number of rotatable bonds is 7. The fraction of sp³-hybridized carbons (Fsp3) is 0.750. The maximum atomic E-state index is 13.5. The lowest BCUT2D eigenvalue weighted by Crippen LogP contribution is -2.53. The van der Waals surface area contributed by atoms with Crippen molar-refractivity contribution in [3.8, 4) is 0 Å². The number of ether oxygens (including phenoxy) is 1. The van der Waals surface area contributed by atoms with Crippen LogP contribution in [0, 0.1) is 0 Å². The van der Waals surface area contributed by atoms with Crippen molar-refractivity contribution in [3.63, 3.8) is 0 Å². The molecule has 2 saturated carbocycles. The lowest BCUT2D eigenvalue weighted by Gasteiger charge is -2.34. The fourth-order valence-electron chi connectivity index (χ4n) is 5.22. The zero-order valence-corrected chi connectivity index (χ0v) is 18.8. The monoisotopic (exact) mass is 431 g/mol. The number of furan rings is 1. The van der Waals surface area contributed by atoms with Gasteiger partial charge in [-0.3, -0.25) is 14.5 Å². The van der Waals surface area contributed by atoms with E-state index in [4.69, 9.17) is 9.15 Å². The van der Waals surface area contributed by atoms with Crippen LogP contribution in [0.1, 0.15) is 81.0 Å². The van der Waals surface area contributed by atoms with Crippen molar-refractivity contribution in [1.29, 1.82) is 0 Å². The Hall–Kier alpha value is -1.86. The van der Waals surface area contributed by atoms with Crippen LogP contribution < -0.4 is 5.32 Å². The van der Waals surface area contributed by atoms with Crippen LogP contribution in [0.5, 0.6) is 0 Å². The Labute approximate surface area is 185 Å². The summed E-state index contributed by atoms with van der Waals surface area (Å²) in [7, 11) is 0. The van der Waals surface area contributed by atoms with E-state index in [0.29, 0.717) is 12.3 Å². The normalized spacial score (nSPS) is 22.4. The Kier molecular flexibility index (Phi) is 7.67. The van der Waals surface area contributed by atoms with E-state index in [-0.39, 0.29) is 23.9 Å². The van der Waals surface area contributed by atoms with Gasteiger partial charge in [0.05, 0.1) is 19.8 Å². The molecule has 0 bridgehead atoms. The number of morpholine rings is 1. The Bertz CT molecular complexity index is 731. The standard InChI is InChI=1S/C24H37N3O4/c1-18(23(28)25-19-7-3-2-4-8-19)27(20-9-5-6-10-20)24(29)22-12-11-21(31-22)17-26-13-15-30-16-14-26/h11-12,18-20H,2-10,13-17H2,1H3,(H,25,28)/t18-/m1/s1. The third kappa shape index (κ3) is 5.69. The van der Waals surface area contributed by atoms with Gasteiger partial charge in [-0.25, -0.2) is 0 Å². The zero-order valence-electron chi connectivity index (χ0n) is 18.8. The van der Waals surface area contributed by atoms with Gasteiger partial charge in [0.25, 0.3) is 5.91 Å². The van der Waals surface area contributed by atoms with Crippen molar-refractivity contribution in [2.24, 2.45) is 0 Å². The molecule has 3 aliphatic rings. The molecule has 1 saturated heterocycles. The molecule has 7 heteroatoms. The maximum Gasteiger partial charge on any atom is 0.290 e. The van der Waals surface area contributed by atoms with Gasteiger partial charge in [-0.2, -0.15) is 0 Å². The van der Waals surface area contributed by atoms with Crippen molar-refractivity contribution >= 4 is 11.8 Å². The third-order valence-electron chi connectivity index (χ3n) is 7.06. The molecule has 0 spiro atoms. The third-order valence-corrected chi connectivity index (χ3v) is 7.06. The van der Waals surface area contributed by atoms with Gasteiger partial charge in [-0.15, -0.1) is 0 Å². The van der Waals surface area contributed by atoms with E-state index in [1.54, 1.807) is 11.0 Å². The summed E-state index contributed by atoms with van der Waals surface area (Å²) in [5, 5.41) is 3.21. The summed E-state index contributed by atoms with van der Waals surface area (Å²) in [4.78, 5) is 30.6. The predicted octanol–water partition coefficient (Wildman–Crippen LogP) is 3.33. The van der Waals surface area contributed by atoms with Crippen LogP contribution >= 0.6 is 0 Å². The molecule has 1 aromatic rings. The summed E-state index contributed by atoms with van der Waals surface area (Å²) in [6, 6.07) is 3.51. The van der Waals surface area contributed by atoms with Crippen LogP contribution in [0.15, 0.2) is 16.5 Å². The first kappa shape index (κ1) is 22.3. The summed E-state index contributed by atoms with van der Waals surface area (Å²) < 4.78 is 11.4. The summed E-state index contributed by atoms with van der Waals surface area (Å²) in [6.07, 6.45) is 9.78. The second kappa shape index (κ2) is 10.6. The molecule has 2 heterocycles. The van der Waals surface area contributed by atoms with Crippen molar-refractivity contribution in [3.05, 3.63) is 23.7 Å². The highest BCUT2D eigenvalue weighted by Crippen LogP contribution is 2.28. The van der Waals surface area contributed by atoms with E-state index in [1.165, 1.54) is 19.3 Å². The van der Waals surface area contributed by atoms with Crippen LogP contribution in [0.25, 0.3) is 0 Å². The molecule has 0 aromatic carbocycles. The quantitative estimate of drug-likeness (QED) is 0.717. The average Bonchev–Trinajstić information content (AvgIpc) is 3.48. The molecular weight excluding hydrogens is 394 g/mol. The van der Waals surface area contributed by atoms with E-state index in [0.717, 1.165) is 70.6 Å². The van der Waals surface area contributed by atoms with E-state index in [2.05, 4.69) is 10.2 Å². The van der Waals surface area contributed by atoms with Crippen molar-refractivity contribution < 1.29 is 18.7 Å². The van der Waals surface area contributed by atoms with Crippen LogP contribution in [-0.2, 0) is 16.1 Å². The SMILES string of the molecule is C[C@H](C(=O)NC1CCCCC1)N(C(=O)c1ccc(CN2CCOCC2)o1)C1CCCC1. The molecule has 0 radical (unpaired) electrons. The Balaban J connectivity index is 1.43. The average molecular weight is 432 g/mol. The van der Waals surface area contributed by atoms with Gasteiger partial charge >= 0.3 is 0 Å². The molecule has 31 heavy (non-hydrogen) atoms. The first-order valence-corrected chi connectivity index (χ1v) is 12.1. The van der Waals surface area contributed by atoms with Crippen molar-refractivity contribution in [1.82, 2.24) is 15.1 Å². The first-order chi connectivity index (χ1) is 15.1. The molecule has 1 atom stereocenters. The van der Waals surface area contributed by atoms with Gasteiger partial charge in [0, 0.05) is 25.2 Å². The van der Waals surface area contributed by atoms with Gasteiger partial charge < -0.3 is 19.4 Å². The lowest BCUT2D eigenvalue weighted by molar-refractivity contribution is -0.126. The lowest BCUT2D eigenvalue weighted by atomic mass is 9.95. The summed E-state index contributed by atoms with van der Waals surface area (Å²) in [6.45, 7) is 5.75. The highest BCUT2D eigenvalue weighted by Gasteiger charge is 2.36. The van der Waals surface area contributed by atoms with Gasteiger partial charge in [0.1, 0.15) is 11.8 Å². The number of nitrogens with one attached hydrogen (secondary N) is 1. The summed E-state index contributed by atoms with van der Waals surface area (Å²) >= 11 is 0. The fourth-order valence-corrected chi connectivity index (χ4v) is 5.22. The minimum Gasteiger partial charge on any atom is -0.455 e. The Morgan fingerprint density at radius 2 is 1.74 bits per heavy atom. The van der Waals surface area contributed by atoms with Gasteiger partial charge in [0.15, 0.2) is 5.76 Å². The number of hydrogen-bond acceptors (Lipinski definition) is 5. The minimum absolute atomic E-state index is 0.0350. The van der Waals surface area contributed by atoms with Crippen LogP contribution in [0.4, 0.5) is 0 Å². The second-order valence-corrected chi connectivity index (χ2v) is 9.32. The van der Waals surface area contributed by atoms with E-state index in [1.807, 2.05) is 13.0 Å². The second-order valence-electron chi connectivity index (χ2n) is 9.32. The zero-order chi connectivity index (χ0) is 21.6. The number of hydrogen-bond donors (Lipinski definition) is 1. The molecule has 2 amide bonds. The largest absolute Gasteiger partial charge is 0.455 e. The predicted molar refractivity (Wildman–Crippen MR) is 118 cm³/mol. The summed E-state index contributed by atoms with van der Waals surface area (Å²) in [5.41, 5.74) is 0.